The first-order valence-corrected chi connectivity index (χ1v) is 8.14. The lowest BCUT2D eigenvalue weighted by Gasteiger charge is -2.31. The van der Waals surface area contributed by atoms with Gasteiger partial charge in [0, 0.05) is 28.5 Å². The molecule has 98 valence electrons. The molecule has 1 fully saturated rings. The van der Waals surface area contributed by atoms with E-state index in [1.54, 1.807) is 0 Å². The molecule has 1 aromatic carbocycles. The maximum Gasteiger partial charge on any atom is 0.253 e. The van der Waals surface area contributed by atoms with E-state index in [1.165, 1.54) is 0 Å². The third-order valence-electron chi connectivity index (χ3n) is 3.41. The van der Waals surface area contributed by atoms with Gasteiger partial charge in [-0.3, -0.25) is 4.79 Å². The molecule has 0 spiro atoms. The van der Waals surface area contributed by atoms with Gasteiger partial charge in [0.1, 0.15) is 0 Å². The number of benzene rings is 1. The first kappa shape index (κ1) is 14.1. The van der Waals surface area contributed by atoms with Gasteiger partial charge >= 0.3 is 0 Å². The van der Waals surface area contributed by atoms with E-state index in [9.17, 15) is 4.79 Å². The molecule has 4 heteroatoms. The number of likely N-dealkylation sites (tertiary alicyclic amines) is 1. The number of alkyl halides is 1. The molecule has 1 amide bonds. The van der Waals surface area contributed by atoms with Gasteiger partial charge < -0.3 is 4.90 Å². The highest BCUT2D eigenvalue weighted by Crippen LogP contribution is 2.22. The average Bonchev–Trinajstić information content (AvgIpc) is 2.37. The summed E-state index contributed by atoms with van der Waals surface area (Å²) in [6.07, 6.45) is 2.20. The quantitative estimate of drug-likeness (QED) is 0.716. The molecule has 0 saturated carbocycles. The van der Waals surface area contributed by atoms with Gasteiger partial charge in [0.2, 0.25) is 0 Å². The van der Waals surface area contributed by atoms with Gasteiger partial charge in [-0.1, -0.05) is 31.9 Å². The predicted molar refractivity (Wildman–Crippen MR) is 81.3 cm³/mol. The molecule has 2 rings (SSSR count). The number of amides is 1. The van der Waals surface area contributed by atoms with Crippen molar-refractivity contribution in [1.82, 2.24) is 4.90 Å². The van der Waals surface area contributed by atoms with Crippen molar-refractivity contribution in [3.05, 3.63) is 33.8 Å². The number of carbonyl (C=O) groups excluding carboxylic acids is 1. The monoisotopic (exact) mass is 373 g/mol. The Morgan fingerprint density at radius 1 is 1.33 bits per heavy atom. The van der Waals surface area contributed by atoms with E-state index in [-0.39, 0.29) is 5.91 Å². The van der Waals surface area contributed by atoms with Crippen molar-refractivity contribution < 1.29 is 4.79 Å². The summed E-state index contributed by atoms with van der Waals surface area (Å²) >= 11 is 6.97. The molecule has 0 aromatic heterocycles. The second-order valence-corrected chi connectivity index (χ2v) is 6.47. The van der Waals surface area contributed by atoms with Crippen LogP contribution in [0.25, 0.3) is 0 Å². The molecular formula is C14H17Br2NO. The third kappa shape index (κ3) is 3.35. The molecule has 1 saturated heterocycles. The molecule has 0 N–H and O–H groups in total. The van der Waals surface area contributed by atoms with Crippen molar-refractivity contribution in [1.29, 1.82) is 0 Å². The number of piperidine rings is 1. The lowest BCUT2D eigenvalue weighted by atomic mass is 9.98. The van der Waals surface area contributed by atoms with Crippen molar-refractivity contribution in [2.75, 3.05) is 18.4 Å². The maximum atomic E-state index is 12.4. The van der Waals surface area contributed by atoms with Gasteiger partial charge in [0.25, 0.3) is 5.91 Å². The fourth-order valence-electron chi connectivity index (χ4n) is 2.33. The van der Waals surface area contributed by atoms with Crippen LogP contribution < -0.4 is 0 Å². The molecule has 0 aliphatic carbocycles. The Hall–Kier alpha value is -0.350. The second-order valence-electron chi connectivity index (χ2n) is 4.91. The van der Waals surface area contributed by atoms with Crippen LogP contribution in [0, 0.1) is 12.8 Å². The summed E-state index contributed by atoms with van der Waals surface area (Å²) in [6.45, 7) is 3.76. The van der Waals surface area contributed by atoms with E-state index in [2.05, 4.69) is 31.9 Å². The van der Waals surface area contributed by atoms with E-state index >= 15 is 0 Å². The van der Waals surface area contributed by atoms with Crippen molar-refractivity contribution in [3.63, 3.8) is 0 Å². The Labute approximate surface area is 125 Å². The topological polar surface area (TPSA) is 20.3 Å². The summed E-state index contributed by atoms with van der Waals surface area (Å²) in [5, 5.41) is 1.05. The standard InChI is InChI=1S/C14H17Br2NO/c1-10-6-12(8-13(16)7-10)14(18)17-4-2-11(9-15)3-5-17/h6-8,11H,2-5,9H2,1H3. The van der Waals surface area contributed by atoms with Crippen LogP contribution in [0.2, 0.25) is 0 Å². The fraction of sp³-hybridized carbons (Fsp3) is 0.500. The van der Waals surface area contributed by atoms with E-state index in [0.29, 0.717) is 0 Å². The maximum absolute atomic E-state index is 12.4. The average molecular weight is 375 g/mol. The number of hydrogen-bond acceptors (Lipinski definition) is 1. The summed E-state index contributed by atoms with van der Waals surface area (Å²) in [5.41, 5.74) is 1.90. The highest BCUT2D eigenvalue weighted by molar-refractivity contribution is 9.10. The van der Waals surface area contributed by atoms with Crippen LogP contribution in [0.15, 0.2) is 22.7 Å². The molecule has 0 unspecified atom stereocenters. The summed E-state index contributed by atoms with van der Waals surface area (Å²) in [4.78, 5) is 14.4. The van der Waals surface area contributed by atoms with Gasteiger partial charge in [0.15, 0.2) is 0 Å². The number of carbonyl (C=O) groups is 1. The SMILES string of the molecule is Cc1cc(Br)cc(C(=O)N2CCC(CBr)CC2)c1. The fourth-order valence-corrected chi connectivity index (χ4v) is 3.59. The van der Waals surface area contributed by atoms with Crippen LogP contribution >= 0.6 is 31.9 Å². The van der Waals surface area contributed by atoms with Crippen molar-refractivity contribution in [2.45, 2.75) is 19.8 Å². The molecule has 0 radical (unpaired) electrons. The van der Waals surface area contributed by atoms with Gasteiger partial charge in [-0.15, -0.1) is 0 Å². The molecule has 1 heterocycles. The minimum atomic E-state index is 0.160. The molecule has 18 heavy (non-hydrogen) atoms. The van der Waals surface area contributed by atoms with Crippen LogP contribution in [-0.4, -0.2) is 29.2 Å². The van der Waals surface area contributed by atoms with Gasteiger partial charge in [-0.25, -0.2) is 0 Å². The zero-order valence-electron chi connectivity index (χ0n) is 10.5. The van der Waals surface area contributed by atoms with Crippen molar-refractivity contribution in [3.8, 4) is 0 Å². The number of rotatable bonds is 2. The van der Waals surface area contributed by atoms with Crippen LogP contribution in [0.3, 0.4) is 0 Å². The molecule has 1 aromatic rings. The Kier molecular flexibility index (Phi) is 4.84. The zero-order valence-corrected chi connectivity index (χ0v) is 13.6. The van der Waals surface area contributed by atoms with Crippen LogP contribution in [0.5, 0.6) is 0 Å². The van der Waals surface area contributed by atoms with E-state index in [1.807, 2.05) is 30.0 Å². The smallest absolute Gasteiger partial charge is 0.253 e. The first-order valence-electron chi connectivity index (χ1n) is 6.22. The van der Waals surface area contributed by atoms with Gasteiger partial charge in [0.05, 0.1) is 0 Å². The van der Waals surface area contributed by atoms with Crippen molar-refractivity contribution in [2.24, 2.45) is 5.92 Å². The molecule has 1 aliphatic rings. The molecule has 2 nitrogen and oxygen atoms in total. The minimum absolute atomic E-state index is 0.160. The molecule has 0 bridgehead atoms. The zero-order chi connectivity index (χ0) is 13.1. The predicted octanol–water partition coefficient (Wildman–Crippen LogP) is 4.00. The van der Waals surface area contributed by atoms with Crippen LogP contribution in [0.4, 0.5) is 0 Å². The van der Waals surface area contributed by atoms with E-state index in [4.69, 9.17) is 0 Å². The number of hydrogen-bond donors (Lipinski definition) is 0. The Morgan fingerprint density at radius 3 is 2.56 bits per heavy atom. The summed E-state index contributed by atoms with van der Waals surface area (Å²) in [7, 11) is 0. The van der Waals surface area contributed by atoms with Crippen LogP contribution in [0.1, 0.15) is 28.8 Å². The summed E-state index contributed by atoms with van der Waals surface area (Å²) in [6, 6.07) is 5.89. The second kappa shape index (κ2) is 6.20. The third-order valence-corrected chi connectivity index (χ3v) is 4.78. The van der Waals surface area contributed by atoms with Crippen molar-refractivity contribution >= 4 is 37.8 Å². The summed E-state index contributed by atoms with van der Waals surface area (Å²) < 4.78 is 0.973. The van der Waals surface area contributed by atoms with E-state index < -0.39 is 0 Å². The highest BCUT2D eigenvalue weighted by atomic mass is 79.9. The number of halogens is 2. The Balaban J connectivity index is 2.07. The molecular weight excluding hydrogens is 358 g/mol. The lowest BCUT2D eigenvalue weighted by molar-refractivity contribution is 0.0699. The molecule has 0 atom stereocenters. The normalized spacial score (nSPS) is 16.9. The van der Waals surface area contributed by atoms with Gasteiger partial charge in [-0.2, -0.15) is 0 Å². The number of nitrogens with zero attached hydrogens (tertiary/aromatic N) is 1. The summed E-state index contributed by atoms with van der Waals surface area (Å²) in [5.74, 6) is 0.880. The largest absolute Gasteiger partial charge is 0.339 e. The number of aryl methyl sites for hydroxylation is 1. The van der Waals surface area contributed by atoms with Crippen LogP contribution in [-0.2, 0) is 0 Å². The Morgan fingerprint density at radius 2 is 2.00 bits per heavy atom. The minimum Gasteiger partial charge on any atom is -0.339 e. The van der Waals surface area contributed by atoms with E-state index in [0.717, 1.165) is 52.8 Å². The lowest BCUT2D eigenvalue weighted by Crippen LogP contribution is -2.38. The first-order chi connectivity index (χ1) is 8.60. The highest BCUT2D eigenvalue weighted by Gasteiger charge is 2.23. The Bertz CT molecular complexity index is 419. The molecule has 1 aliphatic heterocycles. The van der Waals surface area contributed by atoms with Gasteiger partial charge in [-0.05, 0) is 49.4 Å².